The number of aromatic nitrogens is 1. The van der Waals surface area contributed by atoms with Crippen LogP contribution < -0.4 is 0 Å². The van der Waals surface area contributed by atoms with E-state index in [9.17, 15) is 14.7 Å². The van der Waals surface area contributed by atoms with Crippen LogP contribution in [-0.4, -0.2) is 53.7 Å². The summed E-state index contributed by atoms with van der Waals surface area (Å²) in [6.07, 6.45) is 2.23. The van der Waals surface area contributed by atoms with Gasteiger partial charge in [0.15, 0.2) is 0 Å². The monoisotopic (exact) mass is 302 g/mol. The highest BCUT2D eigenvalue weighted by Crippen LogP contribution is 2.32. The second kappa shape index (κ2) is 5.46. The molecule has 2 aromatic rings. The lowest BCUT2D eigenvalue weighted by Crippen LogP contribution is -2.40. The average Bonchev–Trinajstić information content (AvgIpc) is 3.13. The molecular weight excluding hydrogens is 284 g/mol. The molecule has 1 aliphatic heterocycles. The van der Waals surface area contributed by atoms with Crippen molar-refractivity contribution >= 4 is 22.8 Å². The maximum Gasteiger partial charge on any atom is 0.313 e. The molecule has 1 fully saturated rings. The number of likely N-dealkylation sites (tertiary alicyclic amines) is 1. The number of ether oxygens (including phenoxy) is 1. The fourth-order valence-corrected chi connectivity index (χ4v) is 3.05. The molecule has 6 nitrogen and oxygen atoms in total. The van der Waals surface area contributed by atoms with Crippen LogP contribution in [0.1, 0.15) is 16.8 Å². The first-order valence-corrected chi connectivity index (χ1v) is 7.14. The molecule has 6 heteroatoms. The minimum atomic E-state index is -0.997. The molecule has 1 amide bonds. The fourth-order valence-electron chi connectivity index (χ4n) is 3.05. The summed E-state index contributed by atoms with van der Waals surface area (Å²) < 4.78 is 5.05. The molecule has 1 saturated heterocycles. The first-order chi connectivity index (χ1) is 10.6. The highest BCUT2D eigenvalue weighted by atomic mass is 16.5. The Morgan fingerprint density at radius 2 is 2.23 bits per heavy atom. The second-order valence-corrected chi connectivity index (χ2v) is 5.77. The molecule has 2 N–H and O–H groups in total. The van der Waals surface area contributed by atoms with Gasteiger partial charge in [0.2, 0.25) is 0 Å². The van der Waals surface area contributed by atoms with E-state index in [1.165, 1.54) is 7.11 Å². The topological polar surface area (TPSA) is 82.6 Å². The second-order valence-electron chi connectivity index (χ2n) is 5.77. The minimum Gasteiger partial charge on any atom is -0.481 e. The maximum absolute atomic E-state index is 12.6. The van der Waals surface area contributed by atoms with Crippen LogP contribution in [-0.2, 0) is 9.53 Å². The standard InChI is InChI=1S/C16H18N2O4/c1-22-10-16(15(20)21)5-7-18(9-16)14(19)12-2-3-13-11(8-12)4-6-17-13/h2-4,6,8,17H,5,7,9-10H2,1H3,(H,20,21). The Bertz CT molecular complexity index is 724. The number of aliphatic carboxylic acids is 1. The van der Waals surface area contributed by atoms with E-state index in [0.717, 1.165) is 10.9 Å². The highest BCUT2D eigenvalue weighted by Gasteiger charge is 2.46. The van der Waals surface area contributed by atoms with Gasteiger partial charge < -0.3 is 19.7 Å². The van der Waals surface area contributed by atoms with Gasteiger partial charge in [0.05, 0.1) is 6.61 Å². The summed E-state index contributed by atoms with van der Waals surface area (Å²) in [4.78, 5) is 28.8. The first-order valence-electron chi connectivity index (χ1n) is 7.14. The predicted molar refractivity (Wildman–Crippen MR) is 80.8 cm³/mol. The van der Waals surface area contributed by atoms with Gasteiger partial charge in [-0.15, -0.1) is 0 Å². The molecule has 2 heterocycles. The van der Waals surface area contributed by atoms with Gasteiger partial charge in [-0.05, 0) is 30.7 Å². The van der Waals surface area contributed by atoms with Gasteiger partial charge in [0.1, 0.15) is 5.41 Å². The van der Waals surface area contributed by atoms with Crippen molar-refractivity contribution < 1.29 is 19.4 Å². The summed E-state index contributed by atoms with van der Waals surface area (Å²) >= 11 is 0. The Morgan fingerprint density at radius 3 is 2.95 bits per heavy atom. The van der Waals surface area contributed by atoms with Crippen molar-refractivity contribution in [3.05, 3.63) is 36.0 Å². The van der Waals surface area contributed by atoms with Gasteiger partial charge in [-0.1, -0.05) is 0 Å². The maximum atomic E-state index is 12.6. The number of carboxylic acids is 1. The Hall–Kier alpha value is -2.34. The van der Waals surface area contributed by atoms with E-state index in [1.54, 1.807) is 11.0 Å². The van der Waals surface area contributed by atoms with Crippen molar-refractivity contribution in [2.24, 2.45) is 5.41 Å². The number of fused-ring (bicyclic) bond motifs is 1. The summed E-state index contributed by atoms with van der Waals surface area (Å²) in [6.45, 7) is 0.725. The number of aromatic amines is 1. The van der Waals surface area contributed by atoms with E-state index in [0.29, 0.717) is 18.5 Å². The van der Waals surface area contributed by atoms with Gasteiger partial charge in [0, 0.05) is 42.9 Å². The summed E-state index contributed by atoms with van der Waals surface area (Å²) in [6, 6.07) is 7.35. The molecule has 1 atom stereocenters. The van der Waals surface area contributed by atoms with E-state index in [1.807, 2.05) is 24.4 Å². The summed E-state index contributed by atoms with van der Waals surface area (Å²) in [5.74, 6) is -1.05. The third-order valence-electron chi connectivity index (χ3n) is 4.32. The molecular formula is C16H18N2O4. The van der Waals surface area contributed by atoms with E-state index >= 15 is 0 Å². The van der Waals surface area contributed by atoms with Crippen LogP contribution in [0.4, 0.5) is 0 Å². The van der Waals surface area contributed by atoms with Gasteiger partial charge >= 0.3 is 5.97 Å². The number of carboxylic acid groups (broad SMARTS) is 1. The Kier molecular flexibility index (Phi) is 3.62. The molecule has 116 valence electrons. The number of nitrogens with zero attached hydrogens (tertiary/aromatic N) is 1. The van der Waals surface area contributed by atoms with E-state index in [2.05, 4.69) is 4.98 Å². The number of amides is 1. The van der Waals surface area contributed by atoms with Crippen LogP contribution in [0.3, 0.4) is 0 Å². The Morgan fingerprint density at radius 1 is 1.41 bits per heavy atom. The van der Waals surface area contributed by atoms with Crippen molar-refractivity contribution in [2.45, 2.75) is 6.42 Å². The van der Waals surface area contributed by atoms with E-state index in [4.69, 9.17) is 4.74 Å². The van der Waals surface area contributed by atoms with Crippen LogP contribution in [0.15, 0.2) is 30.5 Å². The van der Waals surface area contributed by atoms with Crippen LogP contribution >= 0.6 is 0 Å². The third-order valence-corrected chi connectivity index (χ3v) is 4.32. The first kappa shape index (κ1) is 14.6. The quantitative estimate of drug-likeness (QED) is 0.901. The molecule has 0 saturated carbocycles. The number of nitrogens with one attached hydrogen (secondary N) is 1. The fraction of sp³-hybridized carbons (Fsp3) is 0.375. The number of methoxy groups -OCH3 is 1. The molecule has 0 bridgehead atoms. The molecule has 3 rings (SSSR count). The largest absolute Gasteiger partial charge is 0.481 e. The SMILES string of the molecule is COCC1(C(=O)O)CCN(C(=O)c2ccc3[nH]ccc3c2)C1. The molecule has 1 aromatic carbocycles. The number of benzene rings is 1. The lowest BCUT2D eigenvalue weighted by molar-refractivity contribution is -0.151. The number of carbonyl (C=O) groups excluding carboxylic acids is 1. The summed E-state index contributed by atoms with van der Waals surface area (Å²) in [7, 11) is 1.48. The van der Waals surface area contributed by atoms with Crippen molar-refractivity contribution in [2.75, 3.05) is 26.8 Å². The highest BCUT2D eigenvalue weighted by molar-refractivity contribution is 5.98. The van der Waals surface area contributed by atoms with Crippen LogP contribution in [0.5, 0.6) is 0 Å². The zero-order valence-electron chi connectivity index (χ0n) is 12.3. The Balaban J connectivity index is 1.82. The van der Waals surface area contributed by atoms with Crippen molar-refractivity contribution in [1.82, 2.24) is 9.88 Å². The van der Waals surface area contributed by atoms with Crippen LogP contribution in [0, 0.1) is 5.41 Å². The lowest BCUT2D eigenvalue weighted by Gasteiger charge is -2.23. The number of rotatable bonds is 4. The molecule has 0 radical (unpaired) electrons. The lowest BCUT2D eigenvalue weighted by atomic mass is 9.88. The molecule has 1 aliphatic rings. The molecule has 22 heavy (non-hydrogen) atoms. The zero-order chi connectivity index (χ0) is 15.7. The van der Waals surface area contributed by atoms with Crippen LogP contribution in [0.2, 0.25) is 0 Å². The van der Waals surface area contributed by atoms with Gasteiger partial charge in [-0.25, -0.2) is 0 Å². The summed E-state index contributed by atoms with van der Waals surface area (Å²) in [5.41, 5.74) is 0.547. The average molecular weight is 302 g/mol. The summed E-state index contributed by atoms with van der Waals surface area (Å²) in [5, 5.41) is 10.4. The van der Waals surface area contributed by atoms with Crippen molar-refractivity contribution in [3.63, 3.8) is 0 Å². The van der Waals surface area contributed by atoms with Crippen LogP contribution in [0.25, 0.3) is 10.9 Å². The van der Waals surface area contributed by atoms with Gasteiger partial charge in [-0.3, -0.25) is 9.59 Å². The molecule has 1 unspecified atom stereocenters. The molecule has 0 aliphatic carbocycles. The number of hydrogen-bond donors (Lipinski definition) is 2. The van der Waals surface area contributed by atoms with Crippen molar-refractivity contribution in [3.8, 4) is 0 Å². The molecule has 1 aromatic heterocycles. The van der Waals surface area contributed by atoms with E-state index < -0.39 is 11.4 Å². The number of hydrogen-bond acceptors (Lipinski definition) is 3. The van der Waals surface area contributed by atoms with Gasteiger partial charge in [0.25, 0.3) is 5.91 Å². The minimum absolute atomic E-state index is 0.114. The third kappa shape index (κ3) is 2.35. The van der Waals surface area contributed by atoms with E-state index in [-0.39, 0.29) is 19.1 Å². The normalized spacial score (nSPS) is 21.4. The number of H-pyrrole nitrogens is 1. The Labute approximate surface area is 127 Å². The molecule has 0 spiro atoms. The zero-order valence-corrected chi connectivity index (χ0v) is 12.3. The predicted octanol–water partition coefficient (Wildman–Crippen LogP) is 1.73. The smallest absolute Gasteiger partial charge is 0.313 e. The van der Waals surface area contributed by atoms with Gasteiger partial charge in [-0.2, -0.15) is 0 Å². The van der Waals surface area contributed by atoms with Crippen molar-refractivity contribution in [1.29, 1.82) is 0 Å². The number of carbonyl (C=O) groups is 2.